The van der Waals surface area contributed by atoms with E-state index in [1.54, 1.807) is 11.9 Å². The molecule has 26 heavy (non-hydrogen) atoms. The second-order valence-electron chi connectivity index (χ2n) is 6.72. The standard InChI is InChI=1S/C21H21N3O2/c1-23-19-9-5-3-7-17(19)16(12-21(23)26)13-22-20(25)14-24-11-10-15-6-2-4-8-18(15)24/h2-11,16H,12-14H2,1H3,(H,22,25). The molecule has 0 saturated carbocycles. The summed E-state index contributed by atoms with van der Waals surface area (Å²) in [7, 11) is 1.80. The van der Waals surface area contributed by atoms with E-state index in [1.807, 2.05) is 65.4 Å². The Morgan fingerprint density at radius 2 is 1.88 bits per heavy atom. The van der Waals surface area contributed by atoms with Crippen molar-refractivity contribution in [1.29, 1.82) is 0 Å². The van der Waals surface area contributed by atoms with Gasteiger partial charge in [-0.15, -0.1) is 0 Å². The molecule has 0 aliphatic carbocycles. The molecule has 1 aliphatic heterocycles. The molecule has 3 aromatic rings. The molecular weight excluding hydrogens is 326 g/mol. The number of rotatable bonds is 4. The molecule has 1 aromatic heterocycles. The van der Waals surface area contributed by atoms with Crippen LogP contribution in [0.3, 0.4) is 0 Å². The molecular formula is C21H21N3O2. The zero-order chi connectivity index (χ0) is 18.1. The van der Waals surface area contributed by atoms with Crippen LogP contribution in [0.1, 0.15) is 17.9 Å². The van der Waals surface area contributed by atoms with Crippen molar-refractivity contribution in [1.82, 2.24) is 9.88 Å². The van der Waals surface area contributed by atoms with Gasteiger partial charge >= 0.3 is 0 Å². The van der Waals surface area contributed by atoms with Crippen molar-refractivity contribution >= 4 is 28.4 Å². The first-order valence-electron chi connectivity index (χ1n) is 8.79. The second kappa shape index (κ2) is 6.67. The van der Waals surface area contributed by atoms with Gasteiger partial charge in [0.1, 0.15) is 6.54 Å². The largest absolute Gasteiger partial charge is 0.354 e. The Morgan fingerprint density at radius 3 is 2.77 bits per heavy atom. The minimum Gasteiger partial charge on any atom is -0.354 e. The lowest BCUT2D eigenvalue weighted by Crippen LogP contribution is -2.38. The van der Waals surface area contributed by atoms with Crippen molar-refractivity contribution < 1.29 is 9.59 Å². The van der Waals surface area contributed by atoms with E-state index in [1.165, 1.54) is 0 Å². The molecule has 1 unspecified atom stereocenters. The molecule has 2 amide bonds. The van der Waals surface area contributed by atoms with E-state index < -0.39 is 0 Å². The van der Waals surface area contributed by atoms with Gasteiger partial charge < -0.3 is 14.8 Å². The van der Waals surface area contributed by atoms with Gasteiger partial charge in [-0.2, -0.15) is 0 Å². The van der Waals surface area contributed by atoms with Crippen LogP contribution in [0.4, 0.5) is 5.69 Å². The number of hydrogen-bond donors (Lipinski definition) is 1. The van der Waals surface area contributed by atoms with E-state index in [0.717, 1.165) is 22.2 Å². The molecule has 4 rings (SSSR count). The van der Waals surface area contributed by atoms with Gasteiger partial charge in [0, 0.05) is 43.3 Å². The molecule has 0 radical (unpaired) electrons. The predicted octanol–water partition coefficient (Wildman–Crippen LogP) is 2.91. The molecule has 1 aliphatic rings. The number of nitrogens with zero attached hydrogens (tertiary/aromatic N) is 2. The maximum absolute atomic E-state index is 12.4. The van der Waals surface area contributed by atoms with Gasteiger partial charge in [-0.25, -0.2) is 0 Å². The minimum absolute atomic E-state index is 0.0141. The van der Waals surface area contributed by atoms with E-state index in [-0.39, 0.29) is 24.3 Å². The molecule has 0 bridgehead atoms. The topological polar surface area (TPSA) is 54.3 Å². The third-order valence-electron chi connectivity index (χ3n) is 5.07. The summed E-state index contributed by atoms with van der Waals surface area (Å²) in [5.41, 5.74) is 3.09. The fraction of sp³-hybridized carbons (Fsp3) is 0.238. The first-order chi connectivity index (χ1) is 12.6. The van der Waals surface area contributed by atoms with Crippen LogP contribution in [-0.4, -0.2) is 30.0 Å². The van der Waals surface area contributed by atoms with Crippen LogP contribution in [0.5, 0.6) is 0 Å². The van der Waals surface area contributed by atoms with E-state index in [9.17, 15) is 9.59 Å². The number of carbonyl (C=O) groups excluding carboxylic acids is 2. The van der Waals surface area contributed by atoms with Crippen LogP contribution in [0.25, 0.3) is 10.9 Å². The Hall–Kier alpha value is -3.08. The van der Waals surface area contributed by atoms with Crippen LogP contribution >= 0.6 is 0 Å². The third kappa shape index (κ3) is 2.96. The Balaban J connectivity index is 1.45. The summed E-state index contributed by atoms with van der Waals surface area (Å²) in [5, 5.41) is 4.12. The average Bonchev–Trinajstić information content (AvgIpc) is 3.06. The molecule has 5 heteroatoms. The summed E-state index contributed by atoms with van der Waals surface area (Å²) in [6, 6.07) is 17.9. The minimum atomic E-state index is -0.0461. The molecule has 2 heterocycles. The fourth-order valence-electron chi connectivity index (χ4n) is 3.64. The summed E-state index contributed by atoms with van der Waals surface area (Å²) in [6.45, 7) is 0.740. The van der Waals surface area contributed by atoms with Crippen LogP contribution in [0.2, 0.25) is 0 Å². The van der Waals surface area contributed by atoms with E-state index in [2.05, 4.69) is 5.32 Å². The van der Waals surface area contributed by atoms with Crippen LogP contribution in [-0.2, 0) is 16.1 Å². The zero-order valence-corrected chi connectivity index (χ0v) is 14.7. The normalized spacial score (nSPS) is 16.6. The SMILES string of the molecule is CN1C(=O)CC(CNC(=O)Cn2ccc3ccccc32)c2ccccc21. The van der Waals surface area contributed by atoms with E-state index in [4.69, 9.17) is 0 Å². The number of carbonyl (C=O) groups is 2. The van der Waals surface area contributed by atoms with Gasteiger partial charge in [0.2, 0.25) is 11.8 Å². The Morgan fingerprint density at radius 1 is 1.12 bits per heavy atom. The van der Waals surface area contributed by atoms with Gasteiger partial charge in [0.25, 0.3) is 0 Å². The van der Waals surface area contributed by atoms with Gasteiger partial charge in [0.15, 0.2) is 0 Å². The Labute approximate surface area is 152 Å². The highest BCUT2D eigenvalue weighted by Crippen LogP contribution is 2.34. The quantitative estimate of drug-likeness (QED) is 0.789. The Kier molecular flexibility index (Phi) is 4.21. The molecule has 0 fully saturated rings. The smallest absolute Gasteiger partial charge is 0.239 e. The molecule has 2 aromatic carbocycles. The monoisotopic (exact) mass is 347 g/mol. The maximum atomic E-state index is 12.4. The maximum Gasteiger partial charge on any atom is 0.239 e. The number of para-hydroxylation sites is 2. The third-order valence-corrected chi connectivity index (χ3v) is 5.07. The Bertz CT molecular complexity index is 976. The summed E-state index contributed by atoms with van der Waals surface area (Å²) in [5.74, 6) is 0.0508. The first kappa shape index (κ1) is 16.4. The summed E-state index contributed by atoms with van der Waals surface area (Å²) < 4.78 is 1.94. The second-order valence-corrected chi connectivity index (χ2v) is 6.72. The van der Waals surface area contributed by atoms with Gasteiger partial charge in [-0.05, 0) is 29.1 Å². The highest BCUT2D eigenvalue weighted by atomic mass is 16.2. The van der Waals surface area contributed by atoms with E-state index in [0.29, 0.717) is 13.0 Å². The molecule has 0 saturated heterocycles. The molecule has 1 atom stereocenters. The van der Waals surface area contributed by atoms with Gasteiger partial charge in [-0.3, -0.25) is 9.59 Å². The average molecular weight is 347 g/mol. The lowest BCUT2D eigenvalue weighted by molar-refractivity contribution is -0.122. The van der Waals surface area contributed by atoms with Crippen molar-refractivity contribution in [3.63, 3.8) is 0 Å². The van der Waals surface area contributed by atoms with Crippen LogP contribution in [0, 0.1) is 0 Å². The van der Waals surface area contributed by atoms with Crippen molar-refractivity contribution in [2.24, 2.45) is 0 Å². The van der Waals surface area contributed by atoms with E-state index >= 15 is 0 Å². The lowest BCUT2D eigenvalue weighted by Gasteiger charge is -2.31. The summed E-state index contributed by atoms with van der Waals surface area (Å²) in [4.78, 5) is 26.3. The fourth-order valence-corrected chi connectivity index (χ4v) is 3.64. The molecule has 5 nitrogen and oxygen atoms in total. The van der Waals surface area contributed by atoms with Gasteiger partial charge in [-0.1, -0.05) is 36.4 Å². The summed E-state index contributed by atoms with van der Waals surface area (Å²) >= 11 is 0. The van der Waals surface area contributed by atoms with Crippen molar-refractivity contribution in [3.05, 3.63) is 66.4 Å². The molecule has 0 spiro atoms. The number of benzene rings is 2. The first-order valence-corrected chi connectivity index (χ1v) is 8.79. The van der Waals surface area contributed by atoms with Crippen LogP contribution in [0.15, 0.2) is 60.8 Å². The number of fused-ring (bicyclic) bond motifs is 2. The lowest BCUT2D eigenvalue weighted by atomic mass is 9.89. The number of nitrogens with one attached hydrogen (secondary N) is 1. The summed E-state index contributed by atoms with van der Waals surface area (Å²) in [6.07, 6.45) is 2.35. The molecule has 132 valence electrons. The zero-order valence-electron chi connectivity index (χ0n) is 14.7. The number of amides is 2. The predicted molar refractivity (Wildman–Crippen MR) is 102 cm³/mol. The van der Waals surface area contributed by atoms with Gasteiger partial charge in [0.05, 0.1) is 0 Å². The molecule has 1 N–H and O–H groups in total. The van der Waals surface area contributed by atoms with Crippen LogP contribution < -0.4 is 10.2 Å². The van der Waals surface area contributed by atoms with Crippen molar-refractivity contribution in [3.8, 4) is 0 Å². The highest BCUT2D eigenvalue weighted by molar-refractivity contribution is 5.96. The van der Waals surface area contributed by atoms with Crippen molar-refractivity contribution in [2.75, 3.05) is 18.5 Å². The number of aromatic nitrogens is 1. The van der Waals surface area contributed by atoms with Crippen molar-refractivity contribution in [2.45, 2.75) is 18.9 Å². The number of anilines is 1. The number of hydrogen-bond acceptors (Lipinski definition) is 2. The highest BCUT2D eigenvalue weighted by Gasteiger charge is 2.28.